The first-order valence-corrected chi connectivity index (χ1v) is 11.9. The Labute approximate surface area is 199 Å². The second kappa shape index (κ2) is 9.54. The van der Waals surface area contributed by atoms with E-state index in [1.165, 1.54) is 31.4 Å². The van der Waals surface area contributed by atoms with Gasteiger partial charge in [-0.2, -0.15) is 5.10 Å². The molecule has 34 heavy (non-hydrogen) atoms. The first-order chi connectivity index (χ1) is 16.3. The second-order valence-corrected chi connectivity index (χ2v) is 9.28. The van der Waals surface area contributed by atoms with Crippen molar-refractivity contribution in [1.82, 2.24) is 10.2 Å². The molecule has 4 aromatic rings. The third-order valence-electron chi connectivity index (χ3n) is 4.96. The fourth-order valence-corrected chi connectivity index (χ4v) is 4.89. The highest BCUT2D eigenvalue weighted by Gasteiger charge is 2.22. The Morgan fingerprint density at radius 3 is 2.50 bits per heavy atom. The molecule has 0 spiro atoms. The van der Waals surface area contributed by atoms with E-state index >= 15 is 0 Å². The minimum absolute atomic E-state index is 0.0887. The molecule has 0 saturated heterocycles. The number of nitrogens with zero attached hydrogens (tertiary/aromatic N) is 1. The number of aromatic nitrogens is 2. The standard InChI is InChI=1S/C23H19ClN4O5S/c1-33-20-11-10-14(12-21(20)34(31,32)28-18-9-5-4-8-17(18)24)25-22(29)13-19-15-6-2-3-7-16(15)23(30)27-26-19/h2-12,28H,13H2,1H3,(H,25,29)(H,27,30). The number of hydrogen-bond acceptors (Lipinski definition) is 6. The molecule has 3 N–H and O–H groups in total. The number of hydrogen-bond donors (Lipinski definition) is 3. The highest BCUT2D eigenvalue weighted by atomic mass is 35.5. The monoisotopic (exact) mass is 498 g/mol. The van der Waals surface area contributed by atoms with E-state index in [0.717, 1.165) is 0 Å². The third kappa shape index (κ3) is 4.87. The maximum Gasteiger partial charge on any atom is 0.272 e. The van der Waals surface area contributed by atoms with E-state index in [2.05, 4.69) is 20.2 Å². The molecule has 0 saturated carbocycles. The number of rotatable bonds is 7. The summed E-state index contributed by atoms with van der Waals surface area (Å²) >= 11 is 6.08. The number of anilines is 2. The van der Waals surface area contributed by atoms with E-state index < -0.39 is 15.9 Å². The zero-order valence-electron chi connectivity index (χ0n) is 17.8. The van der Waals surface area contributed by atoms with Crippen molar-refractivity contribution in [3.8, 4) is 5.75 Å². The molecule has 11 heteroatoms. The maximum atomic E-state index is 13.0. The highest BCUT2D eigenvalue weighted by molar-refractivity contribution is 7.92. The quantitative estimate of drug-likeness (QED) is 0.357. The number of ether oxygens (including phenoxy) is 1. The molecular formula is C23H19ClN4O5S. The van der Waals surface area contributed by atoms with Crippen molar-refractivity contribution in [2.24, 2.45) is 0 Å². The fraction of sp³-hybridized carbons (Fsp3) is 0.0870. The van der Waals surface area contributed by atoms with Gasteiger partial charge in [-0.15, -0.1) is 0 Å². The average molecular weight is 499 g/mol. The lowest BCUT2D eigenvalue weighted by Gasteiger charge is -2.14. The van der Waals surface area contributed by atoms with Gasteiger partial charge in [0.25, 0.3) is 15.6 Å². The van der Waals surface area contributed by atoms with Gasteiger partial charge in [-0.3, -0.25) is 14.3 Å². The number of H-pyrrole nitrogens is 1. The zero-order valence-corrected chi connectivity index (χ0v) is 19.4. The van der Waals surface area contributed by atoms with Crippen molar-refractivity contribution < 1.29 is 17.9 Å². The lowest BCUT2D eigenvalue weighted by atomic mass is 10.1. The normalized spacial score (nSPS) is 11.2. The topological polar surface area (TPSA) is 130 Å². The summed E-state index contributed by atoms with van der Waals surface area (Å²) in [5.74, 6) is -0.358. The van der Waals surface area contributed by atoms with Crippen LogP contribution in [-0.4, -0.2) is 31.6 Å². The Bertz CT molecular complexity index is 1550. The van der Waals surface area contributed by atoms with Crippen molar-refractivity contribution in [2.75, 3.05) is 17.1 Å². The summed E-state index contributed by atoms with van der Waals surface area (Å²) < 4.78 is 33.7. The molecule has 1 amide bonds. The number of halogens is 1. The molecule has 3 aromatic carbocycles. The van der Waals surface area contributed by atoms with Crippen LogP contribution >= 0.6 is 11.6 Å². The summed E-state index contributed by atoms with van der Waals surface area (Å²) in [7, 11) is -2.75. The molecular weight excluding hydrogens is 480 g/mol. The van der Waals surface area contributed by atoms with Gasteiger partial charge in [0.1, 0.15) is 10.6 Å². The van der Waals surface area contributed by atoms with E-state index in [4.69, 9.17) is 16.3 Å². The summed E-state index contributed by atoms with van der Waals surface area (Å²) in [6.45, 7) is 0. The largest absolute Gasteiger partial charge is 0.495 e. The van der Waals surface area contributed by atoms with Gasteiger partial charge in [-0.05, 0) is 36.4 Å². The number of amides is 1. The Balaban J connectivity index is 1.60. The number of para-hydroxylation sites is 1. The lowest BCUT2D eigenvalue weighted by molar-refractivity contribution is -0.115. The fourth-order valence-electron chi connectivity index (χ4n) is 3.37. The first kappa shape index (κ1) is 23.3. The molecule has 0 aliphatic rings. The van der Waals surface area contributed by atoms with Gasteiger partial charge in [0, 0.05) is 11.1 Å². The maximum absolute atomic E-state index is 13.0. The van der Waals surface area contributed by atoms with Gasteiger partial charge in [-0.25, -0.2) is 13.5 Å². The Morgan fingerprint density at radius 2 is 1.76 bits per heavy atom. The van der Waals surface area contributed by atoms with Crippen molar-refractivity contribution in [2.45, 2.75) is 11.3 Å². The first-order valence-electron chi connectivity index (χ1n) is 10.00. The van der Waals surface area contributed by atoms with E-state index in [0.29, 0.717) is 16.5 Å². The Hall–Kier alpha value is -3.89. The summed E-state index contributed by atoms with van der Waals surface area (Å²) in [4.78, 5) is 24.5. The molecule has 174 valence electrons. The van der Waals surface area contributed by atoms with Gasteiger partial charge in [0.05, 0.1) is 35.3 Å². The third-order valence-corrected chi connectivity index (χ3v) is 6.67. The molecule has 4 rings (SSSR count). The summed E-state index contributed by atoms with van der Waals surface area (Å²) in [5.41, 5.74) is 0.473. The number of aromatic amines is 1. The van der Waals surface area contributed by atoms with Crippen LogP contribution in [0.4, 0.5) is 11.4 Å². The number of carbonyl (C=O) groups excluding carboxylic acids is 1. The molecule has 0 aliphatic heterocycles. The summed E-state index contributed by atoms with van der Waals surface area (Å²) in [5, 5.41) is 10.2. The number of benzene rings is 3. The number of sulfonamides is 1. The minimum atomic E-state index is -4.09. The SMILES string of the molecule is COc1ccc(NC(=O)Cc2n[nH]c(=O)c3ccccc23)cc1S(=O)(=O)Nc1ccccc1Cl. The van der Waals surface area contributed by atoms with E-state index in [-0.39, 0.29) is 39.0 Å². The molecule has 0 fully saturated rings. The smallest absolute Gasteiger partial charge is 0.272 e. The molecule has 1 aromatic heterocycles. The Kier molecular flexibility index (Phi) is 6.53. The predicted octanol–water partition coefficient (Wildman–Crippen LogP) is 3.57. The summed E-state index contributed by atoms with van der Waals surface area (Å²) in [6.07, 6.45) is -0.136. The number of carbonyl (C=O) groups is 1. The van der Waals surface area contributed by atoms with Crippen LogP contribution in [-0.2, 0) is 21.2 Å². The molecule has 0 unspecified atom stereocenters. The van der Waals surface area contributed by atoms with Crippen LogP contribution in [0.2, 0.25) is 5.02 Å². The zero-order chi connectivity index (χ0) is 24.3. The number of nitrogens with one attached hydrogen (secondary N) is 3. The average Bonchev–Trinajstić information content (AvgIpc) is 2.82. The van der Waals surface area contributed by atoms with Crippen molar-refractivity contribution in [3.63, 3.8) is 0 Å². The van der Waals surface area contributed by atoms with Crippen molar-refractivity contribution in [3.05, 3.63) is 87.8 Å². The van der Waals surface area contributed by atoms with Gasteiger partial charge < -0.3 is 10.1 Å². The van der Waals surface area contributed by atoms with Crippen LogP contribution in [0, 0.1) is 0 Å². The molecule has 0 aliphatic carbocycles. The molecule has 9 nitrogen and oxygen atoms in total. The molecule has 0 atom stereocenters. The summed E-state index contributed by atoms with van der Waals surface area (Å²) in [6, 6.07) is 17.5. The van der Waals surface area contributed by atoms with Gasteiger partial charge in [0.2, 0.25) is 5.91 Å². The van der Waals surface area contributed by atoms with Crippen LogP contribution in [0.25, 0.3) is 10.8 Å². The lowest BCUT2D eigenvalue weighted by Crippen LogP contribution is -2.19. The second-order valence-electron chi connectivity index (χ2n) is 7.22. The molecule has 1 heterocycles. The van der Waals surface area contributed by atoms with Crippen LogP contribution in [0.5, 0.6) is 5.75 Å². The van der Waals surface area contributed by atoms with E-state index in [1.807, 2.05) is 0 Å². The highest BCUT2D eigenvalue weighted by Crippen LogP contribution is 2.31. The van der Waals surface area contributed by atoms with Gasteiger partial charge >= 0.3 is 0 Å². The van der Waals surface area contributed by atoms with Crippen LogP contribution in [0.1, 0.15) is 5.69 Å². The predicted molar refractivity (Wildman–Crippen MR) is 130 cm³/mol. The van der Waals surface area contributed by atoms with Crippen molar-refractivity contribution in [1.29, 1.82) is 0 Å². The number of methoxy groups -OCH3 is 1. The Morgan fingerprint density at radius 1 is 1.06 bits per heavy atom. The van der Waals surface area contributed by atoms with Crippen LogP contribution < -0.4 is 20.3 Å². The minimum Gasteiger partial charge on any atom is -0.495 e. The van der Waals surface area contributed by atoms with Gasteiger partial charge in [-0.1, -0.05) is 41.9 Å². The van der Waals surface area contributed by atoms with E-state index in [1.54, 1.807) is 42.5 Å². The molecule has 0 bridgehead atoms. The van der Waals surface area contributed by atoms with Crippen LogP contribution in [0.15, 0.2) is 76.4 Å². The van der Waals surface area contributed by atoms with Crippen LogP contribution in [0.3, 0.4) is 0 Å². The van der Waals surface area contributed by atoms with Crippen molar-refractivity contribution >= 4 is 49.7 Å². The number of fused-ring (bicyclic) bond motifs is 1. The molecule has 0 radical (unpaired) electrons. The van der Waals surface area contributed by atoms with E-state index in [9.17, 15) is 18.0 Å². The van der Waals surface area contributed by atoms with Gasteiger partial charge in [0.15, 0.2) is 0 Å².